The van der Waals surface area contributed by atoms with Crippen molar-refractivity contribution in [3.63, 3.8) is 0 Å². The smallest absolute Gasteiger partial charge is 0.303 e. The fourth-order valence-electron chi connectivity index (χ4n) is 2.94. The Kier molecular flexibility index (Phi) is 4.59. The van der Waals surface area contributed by atoms with Gasteiger partial charge in [0.2, 0.25) is 0 Å². The van der Waals surface area contributed by atoms with Crippen molar-refractivity contribution in [3.05, 3.63) is 35.4 Å². The van der Waals surface area contributed by atoms with Crippen LogP contribution >= 0.6 is 0 Å². The van der Waals surface area contributed by atoms with Gasteiger partial charge in [0.15, 0.2) is 0 Å². The van der Waals surface area contributed by atoms with Gasteiger partial charge < -0.3 is 10.0 Å². The molecule has 1 aliphatic heterocycles. The van der Waals surface area contributed by atoms with Gasteiger partial charge in [-0.1, -0.05) is 31.2 Å². The van der Waals surface area contributed by atoms with E-state index in [-0.39, 0.29) is 12.3 Å². The van der Waals surface area contributed by atoms with Gasteiger partial charge in [-0.25, -0.2) is 0 Å². The molecule has 1 fully saturated rings. The summed E-state index contributed by atoms with van der Waals surface area (Å²) in [6.45, 7) is 4.28. The summed E-state index contributed by atoms with van der Waals surface area (Å²) in [7, 11) is 2.17. The monoisotopic (exact) mass is 261 g/mol. The number of piperidine rings is 1. The van der Waals surface area contributed by atoms with Crippen molar-refractivity contribution in [3.8, 4) is 0 Å². The molecule has 0 aliphatic carbocycles. The molecule has 1 heterocycles. The predicted molar refractivity (Wildman–Crippen MR) is 76.6 cm³/mol. The highest BCUT2D eigenvalue weighted by atomic mass is 16.4. The van der Waals surface area contributed by atoms with Crippen molar-refractivity contribution in [1.82, 2.24) is 4.90 Å². The van der Waals surface area contributed by atoms with E-state index in [1.165, 1.54) is 24.9 Å². The zero-order valence-corrected chi connectivity index (χ0v) is 11.8. The van der Waals surface area contributed by atoms with Crippen LogP contribution in [-0.2, 0) is 4.79 Å². The Morgan fingerprint density at radius 1 is 1.53 bits per heavy atom. The molecule has 2 atom stereocenters. The normalized spacial score (nSPS) is 22.1. The fraction of sp³-hybridized carbons (Fsp3) is 0.562. The highest BCUT2D eigenvalue weighted by Gasteiger charge is 2.19. The maximum Gasteiger partial charge on any atom is 0.303 e. The van der Waals surface area contributed by atoms with Crippen LogP contribution in [0.3, 0.4) is 0 Å². The van der Waals surface area contributed by atoms with E-state index in [0.717, 1.165) is 12.1 Å². The first kappa shape index (κ1) is 14.1. The summed E-state index contributed by atoms with van der Waals surface area (Å²) < 4.78 is 0. The molecule has 0 radical (unpaired) electrons. The van der Waals surface area contributed by atoms with Gasteiger partial charge in [-0.05, 0) is 49.4 Å². The number of hydrogen-bond donors (Lipinski definition) is 1. The van der Waals surface area contributed by atoms with Crippen molar-refractivity contribution < 1.29 is 9.90 Å². The Labute approximate surface area is 115 Å². The SMILES string of the molecule is CC(CC(=O)O)c1cccc(C2CCCN(C)C2)c1. The molecular formula is C16H23NO2. The molecule has 0 saturated carbocycles. The first-order valence-electron chi connectivity index (χ1n) is 7.06. The summed E-state index contributed by atoms with van der Waals surface area (Å²) >= 11 is 0. The van der Waals surface area contributed by atoms with E-state index < -0.39 is 5.97 Å². The number of carbonyl (C=O) groups is 1. The van der Waals surface area contributed by atoms with E-state index in [1.807, 2.05) is 13.0 Å². The Morgan fingerprint density at radius 3 is 3.00 bits per heavy atom. The lowest BCUT2D eigenvalue weighted by Crippen LogP contribution is -2.30. The first-order valence-corrected chi connectivity index (χ1v) is 7.06. The van der Waals surface area contributed by atoms with Gasteiger partial charge in [-0.3, -0.25) is 4.79 Å². The largest absolute Gasteiger partial charge is 0.481 e. The van der Waals surface area contributed by atoms with Gasteiger partial charge in [-0.2, -0.15) is 0 Å². The van der Waals surface area contributed by atoms with Crippen LogP contribution < -0.4 is 0 Å². The molecule has 1 N–H and O–H groups in total. The second-order valence-electron chi connectivity index (χ2n) is 5.77. The molecule has 0 aromatic heterocycles. The third-order valence-corrected chi connectivity index (χ3v) is 4.06. The highest BCUT2D eigenvalue weighted by Crippen LogP contribution is 2.29. The van der Waals surface area contributed by atoms with E-state index in [2.05, 4.69) is 30.1 Å². The van der Waals surface area contributed by atoms with Gasteiger partial charge in [0.25, 0.3) is 0 Å². The Bertz CT molecular complexity index is 444. The standard InChI is InChI=1S/C16H23NO2/c1-12(9-16(18)19)13-5-3-6-14(10-13)15-7-4-8-17(2)11-15/h3,5-6,10,12,15H,4,7-9,11H2,1-2H3,(H,18,19). The minimum atomic E-state index is -0.727. The summed E-state index contributed by atoms with van der Waals surface area (Å²) in [6.07, 6.45) is 2.69. The third-order valence-electron chi connectivity index (χ3n) is 4.06. The molecule has 1 aromatic carbocycles. The topological polar surface area (TPSA) is 40.5 Å². The molecule has 2 unspecified atom stereocenters. The zero-order chi connectivity index (χ0) is 13.8. The average molecular weight is 261 g/mol. The lowest BCUT2D eigenvalue weighted by molar-refractivity contribution is -0.137. The number of nitrogens with zero attached hydrogens (tertiary/aromatic N) is 1. The maximum atomic E-state index is 10.8. The summed E-state index contributed by atoms with van der Waals surface area (Å²) in [6, 6.07) is 8.50. The molecule has 2 rings (SSSR count). The molecule has 0 bridgehead atoms. The van der Waals surface area contributed by atoms with Crippen LogP contribution in [0.25, 0.3) is 0 Å². The number of benzene rings is 1. The minimum absolute atomic E-state index is 0.0822. The number of likely N-dealkylation sites (tertiary alicyclic amines) is 1. The third kappa shape index (κ3) is 3.80. The quantitative estimate of drug-likeness (QED) is 0.905. The van der Waals surface area contributed by atoms with E-state index in [1.54, 1.807) is 0 Å². The van der Waals surface area contributed by atoms with Crippen LogP contribution in [0, 0.1) is 0 Å². The highest BCUT2D eigenvalue weighted by molar-refractivity contribution is 5.68. The number of aliphatic carboxylic acids is 1. The number of hydrogen-bond acceptors (Lipinski definition) is 2. The molecule has 1 aromatic rings. The second kappa shape index (κ2) is 6.20. The van der Waals surface area contributed by atoms with Gasteiger partial charge in [0, 0.05) is 6.54 Å². The summed E-state index contributed by atoms with van der Waals surface area (Å²) in [4.78, 5) is 13.2. The Morgan fingerprint density at radius 2 is 2.32 bits per heavy atom. The van der Waals surface area contributed by atoms with Crippen molar-refractivity contribution in [2.24, 2.45) is 0 Å². The van der Waals surface area contributed by atoms with Crippen LogP contribution in [0.15, 0.2) is 24.3 Å². The molecule has 1 aliphatic rings. The van der Waals surface area contributed by atoms with Gasteiger partial charge in [-0.15, -0.1) is 0 Å². The molecule has 1 saturated heterocycles. The maximum absolute atomic E-state index is 10.8. The molecule has 19 heavy (non-hydrogen) atoms. The number of carboxylic acid groups (broad SMARTS) is 1. The van der Waals surface area contributed by atoms with E-state index in [4.69, 9.17) is 5.11 Å². The van der Waals surface area contributed by atoms with Crippen molar-refractivity contribution in [2.45, 2.75) is 38.0 Å². The molecule has 0 amide bonds. The predicted octanol–water partition coefficient (Wildman–Crippen LogP) is 3.07. The summed E-state index contributed by atoms with van der Waals surface area (Å²) in [5, 5.41) is 8.89. The number of carboxylic acids is 1. The first-order chi connectivity index (χ1) is 9.06. The van der Waals surface area contributed by atoms with E-state index in [0.29, 0.717) is 5.92 Å². The molecule has 3 nitrogen and oxygen atoms in total. The molecule has 3 heteroatoms. The van der Waals surface area contributed by atoms with Crippen LogP contribution in [0.2, 0.25) is 0 Å². The van der Waals surface area contributed by atoms with Gasteiger partial charge in [0.05, 0.1) is 6.42 Å². The van der Waals surface area contributed by atoms with Gasteiger partial charge in [0.1, 0.15) is 0 Å². The van der Waals surface area contributed by atoms with Crippen LogP contribution in [0.1, 0.15) is 49.1 Å². The van der Waals surface area contributed by atoms with E-state index >= 15 is 0 Å². The fourth-order valence-corrected chi connectivity index (χ4v) is 2.94. The van der Waals surface area contributed by atoms with Crippen molar-refractivity contribution in [2.75, 3.05) is 20.1 Å². The van der Waals surface area contributed by atoms with Crippen molar-refractivity contribution in [1.29, 1.82) is 0 Å². The second-order valence-corrected chi connectivity index (χ2v) is 5.77. The van der Waals surface area contributed by atoms with Crippen LogP contribution in [-0.4, -0.2) is 36.1 Å². The van der Waals surface area contributed by atoms with E-state index in [9.17, 15) is 4.79 Å². The lowest BCUT2D eigenvalue weighted by atomic mass is 9.87. The molecule has 0 spiro atoms. The summed E-state index contributed by atoms with van der Waals surface area (Å²) in [5.41, 5.74) is 2.51. The molecular weight excluding hydrogens is 238 g/mol. The number of rotatable bonds is 4. The summed E-state index contributed by atoms with van der Waals surface area (Å²) in [5.74, 6) is -0.0511. The van der Waals surface area contributed by atoms with Crippen LogP contribution in [0.5, 0.6) is 0 Å². The molecule has 104 valence electrons. The number of likely N-dealkylation sites (N-methyl/N-ethyl adjacent to an activating group) is 1. The lowest BCUT2D eigenvalue weighted by Gasteiger charge is -2.30. The zero-order valence-electron chi connectivity index (χ0n) is 11.8. The van der Waals surface area contributed by atoms with Crippen molar-refractivity contribution >= 4 is 5.97 Å². The Hall–Kier alpha value is -1.35. The van der Waals surface area contributed by atoms with Crippen LogP contribution in [0.4, 0.5) is 0 Å². The average Bonchev–Trinajstić information content (AvgIpc) is 2.38. The Balaban J connectivity index is 2.12. The minimum Gasteiger partial charge on any atom is -0.481 e. The van der Waals surface area contributed by atoms with Gasteiger partial charge >= 0.3 is 5.97 Å².